The number of hydrogen-bond acceptors (Lipinski definition) is 5. The molecular formula is C22H25N3O3. The summed E-state index contributed by atoms with van der Waals surface area (Å²) >= 11 is 0. The number of aromatic nitrogens is 2. The van der Waals surface area contributed by atoms with Crippen LogP contribution in [0.1, 0.15) is 37.8 Å². The van der Waals surface area contributed by atoms with Crippen molar-refractivity contribution in [1.82, 2.24) is 15.5 Å². The van der Waals surface area contributed by atoms with Crippen LogP contribution in [0.3, 0.4) is 0 Å². The van der Waals surface area contributed by atoms with Crippen LogP contribution < -0.4 is 10.1 Å². The maximum Gasteiger partial charge on any atom is 0.249 e. The summed E-state index contributed by atoms with van der Waals surface area (Å²) in [5, 5.41) is 7.14. The predicted molar refractivity (Wildman–Crippen MR) is 107 cm³/mol. The Kier molecular flexibility index (Phi) is 6.42. The molecule has 0 bridgehead atoms. The zero-order valence-electron chi connectivity index (χ0n) is 16.4. The van der Waals surface area contributed by atoms with Gasteiger partial charge in [0.1, 0.15) is 11.8 Å². The van der Waals surface area contributed by atoms with Gasteiger partial charge in [-0.2, -0.15) is 4.98 Å². The van der Waals surface area contributed by atoms with E-state index in [0.717, 1.165) is 16.9 Å². The highest BCUT2D eigenvalue weighted by Gasteiger charge is 2.22. The molecule has 3 rings (SSSR count). The molecule has 0 aliphatic heterocycles. The Labute approximate surface area is 164 Å². The highest BCUT2D eigenvalue weighted by Crippen LogP contribution is 2.24. The van der Waals surface area contributed by atoms with Crippen molar-refractivity contribution >= 4 is 5.91 Å². The largest absolute Gasteiger partial charge is 0.497 e. The quantitative estimate of drug-likeness (QED) is 0.635. The standard InChI is InChI=1S/C22H25N3O3/c1-15(2)12-20(26)23-19(13-16-8-5-4-6-9-16)22-24-21(25-28-22)17-10-7-11-18(14-17)27-3/h4-11,14-15,19H,12-13H2,1-3H3,(H,23,26)/t19-/m0/s1. The van der Waals surface area contributed by atoms with Crippen LogP contribution in [-0.2, 0) is 11.2 Å². The molecule has 0 aliphatic rings. The molecule has 28 heavy (non-hydrogen) atoms. The van der Waals surface area contributed by atoms with Crippen LogP contribution in [0.15, 0.2) is 59.1 Å². The minimum Gasteiger partial charge on any atom is -0.497 e. The van der Waals surface area contributed by atoms with Crippen LogP contribution in [0.2, 0.25) is 0 Å². The molecule has 0 saturated heterocycles. The van der Waals surface area contributed by atoms with Crippen molar-refractivity contribution < 1.29 is 14.1 Å². The van der Waals surface area contributed by atoms with E-state index in [-0.39, 0.29) is 17.9 Å². The molecule has 6 nitrogen and oxygen atoms in total. The van der Waals surface area contributed by atoms with Gasteiger partial charge in [0.05, 0.1) is 7.11 Å². The van der Waals surface area contributed by atoms with E-state index in [9.17, 15) is 4.79 Å². The van der Waals surface area contributed by atoms with E-state index in [2.05, 4.69) is 15.5 Å². The highest BCUT2D eigenvalue weighted by atomic mass is 16.5. The number of nitrogens with zero attached hydrogens (tertiary/aromatic N) is 2. The molecule has 6 heteroatoms. The first-order valence-corrected chi connectivity index (χ1v) is 9.36. The van der Waals surface area contributed by atoms with Crippen LogP contribution >= 0.6 is 0 Å². The van der Waals surface area contributed by atoms with Gasteiger partial charge in [-0.05, 0) is 23.6 Å². The average molecular weight is 379 g/mol. The van der Waals surface area contributed by atoms with Crippen LogP contribution in [0.25, 0.3) is 11.4 Å². The fourth-order valence-corrected chi connectivity index (χ4v) is 2.93. The van der Waals surface area contributed by atoms with Crippen molar-refractivity contribution in [2.75, 3.05) is 7.11 Å². The number of carbonyl (C=O) groups is 1. The summed E-state index contributed by atoms with van der Waals surface area (Å²) < 4.78 is 10.8. The maximum atomic E-state index is 12.4. The summed E-state index contributed by atoms with van der Waals surface area (Å²) in [6, 6.07) is 17.0. The number of hydrogen-bond donors (Lipinski definition) is 1. The lowest BCUT2D eigenvalue weighted by atomic mass is 10.0. The topological polar surface area (TPSA) is 77.3 Å². The third kappa shape index (κ3) is 5.19. The average Bonchev–Trinajstić information content (AvgIpc) is 3.18. The zero-order chi connectivity index (χ0) is 19.9. The molecule has 1 heterocycles. The molecule has 3 aromatic rings. The van der Waals surface area contributed by atoms with Crippen molar-refractivity contribution in [3.05, 3.63) is 66.1 Å². The van der Waals surface area contributed by atoms with Crippen molar-refractivity contribution in [1.29, 1.82) is 0 Å². The molecule has 146 valence electrons. The number of ether oxygens (including phenoxy) is 1. The Bertz CT molecular complexity index is 906. The van der Waals surface area contributed by atoms with E-state index in [1.165, 1.54) is 0 Å². The fraction of sp³-hybridized carbons (Fsp3) is 0.318. The smallest absolute Gasteiger partial charge is 0.249 e. The number of methoxy groups -OCH3 is 1. The second-order valence-corrected chi connectivity index (χ2v) is 7.10. The molecule has 1 N–H and O–H groups in total. The summed E-state index contributed by atoms with van der Waals surface area (Å²) in [7, 11) is 1.61. The summed E-state index contributed by atoms with van der Waals surface area (Å²) in [5.74, 6) is 1.81. The number of carbonyl (C=O) groups excluding carboxylic acids is 1. The first kappa shape index (κ1) is 19.6. The van der Waals surface area contributed by atoms with E-state index in [1.54, 1.807) is 7.11 Å². The fourth-order valence-electron chi connectivity index (χ4n) is 2.93. The summed E-state index contributed by atoms with van der Waals surface area (Å²) in [5.41, 5.74) is 1.87. The minimum atomic E-state index is -0.388. The van der Waals surface area contributed by atoms with Gasteiger partial charge in [-0.3, -0.25) is 4.79 Å². The van der Waals surface area contributed by atoms with E-state index in [1.807, 2.05) is 68.4 Å². The Hall–Kier alpha value is -3.15. The molecule has 2 aromatic carbocycles. The van der Waals surface area contributed by atoms with Crippen LogP contribution in [0.4, 0.5) is 0 Å². The van der Waals surface area contributed by atoms with Gasteiger partial charge >= 0.3 is 0 Å². The van der Waals surface area contributed by atoms with Crippen LogP contribution in [0.5, 0.6) is 5.75 Å². The zero-order valence-corrected chi connectivity index (χ0v) is 16.4. The monoisotopic (exact) mass is 379 g/mol. The van der Waals surface area contributed by atoms with Gasteiger partial charge < -0.3 is 14.6 Å². The molecule has 0 aliphatic carbocycles. The second-order valence-electron chi connectivity index (χ2n) is 7.10. The number of benzene rings is 2. The number of rotatable bonds is 8. The molecule has 1 aromatic heterocycles. The van der Waals surface area contributed by atoms with Crippen molar-refractivity contribution in [2.45, 2.75) is 32.7 Å². The van der Waals surface area contributed by atoms with Crippen LogP contribution in [-0.4, -0.2) is 23.2 Å². The molecule has 0 spiro atoms. The van der Waals surface area contributed by atoms with Crippen LogP contribution in [0, 0.1) is 5.92 Å². The Balaban J connectivity index is 1.84. The summed E-state index contributed by atoms with van der Waals surface area (Å²) in [4.78, 5) is 16.9. The molecule has 0 saturated carbocycles. The van der Waals surface area contributed by atoms with E-state index in [0.29, 0.717) is 24.6 Å². The van der Waals surface area contributed by atoms with Gasteiger partial charge in [0.15, 0.2) is 0 Å². The van der Waals surface area contributed by atoms with Gasteiger partial charge in [-0.25, -0.2) is 0 Å². The third-order valence-corrected chi connectivity index (χ3v) is 4.28. The molecule has 0 fully saturated rings. The minimum absolute atomic E-state index is 0.0305. The normalized spacial score (nSPS) is 12.0. The molecule has 0 radical (unpaired) electrons. The molecule has 0 unspecified atom stereocenters. The van der Waals surface area contributed by atoms with Gasteiger partial charge in [-0.15, -0.1) is 0 Å². The van der Waals surface area contributed by atoms with Crippen molar-refractivity contribution in [2.24, 2.45) is 5.92 Å². The maximum absolute atomic E-state index is 12.4. The second kappa shape index (κ2) is 9.17. The first-order valence-electron chi connectivity index (χ1n) is 9.36. The summed E-state index contributed by atoms with van der Waals surface area (Å²) in [6.45, 7) is 4.03. The lowest BCUT2D eigenvalue weighted by molar-refractivity contribution is -0.122. The number of amides is 1. The SMILES string of the molecule is COc1cccc(-c2noc([C@H](Cc3ccccc3)NC(=O)CC(C)C)n2)c1. The van der Waals surface area contributed by atoms with Gasteiger partial charge in [0.2, 0.25) is 17.6 Å². The van der Waals surface area contributed by atoms with Crippen molar-refractivity contribution in [3.63, 3.8) is 0 Å². The summed E-state index contributed by atoms with van der Waals surface area (Å²) in [6.07, 6.45) is 1.02. The first-order chi connectivity index (χ1) is 13.5. The Morgan fingerprint density at radius 1 is 1.14 bits per heavy atom. The molecule has 1 atom stereocenters. The van der Waals surface area contributed by atoms with E-state index >= 15 is 0 Å². The molecule has 1 amide bonds. The molecular weight excluding hydrogens is 354 g/mol. The predicted octanol–water partition coefficient (Wildman–Crippen LogP) is 4.19. The van der Waals surface area contributed by atoms with E-state index < -0.39 is 0 Å². The van der Waals surface area contributed by atoms with Gasteiger partial charge in [-0.1, -0.05) is 61.5 Å². The van der Waals surface area contributed by atoms with Gasteiger partial charge in [0, 0.05) is 18.4 Å². The highest BCUT2D eigenvalue weighted by molar-refractivity contribution is 5.76. The number of nitrogens with one attached hydrogen (secondary N) is 1. The van der Waals surface area contributed by atoms with E-state index in [4.69, 9.17) is 9.26 Å². The third-order valence-electron chi connectivity index (χ3n) is 4.28. The Morgan fingerprint density at radius 3 is 2.64 bits per heavy atom. The lowest BCUT2D eigenvalue weighted by Gasteiger charge is -2.16. The Morgan fingerprint density at radius 2 is 1.93 bits per heavy atom. The lowest BCUT2D eigenvalue weighted by Crippen LogP contribution is -2.31. The van der Waals surface area contributed by atoms with Crippen molar-refractivity contribution in [3.8, 4) is 17.1 Å². The van der Waals surface area contributed by atoms with Gasteiger partial charge in [0.25, 0.3) is 0 Å².